The Kier molecular flexibility index (Phi) is 7.75. The van der Waals surface area contributed by atoms with E-state index in [1.54, 1.807) is 24.3 Å². The molecule has 8 heteroatoms. The van der Waals surface area contributed by atoms with Crippen LogP contribution in [0.25, 0.3) is 0 Å². The average molecular weight is 422 g/mol. The molecule has 2 aromatic rings. The molecule has 0 heterocycles. The monoisotopic (exact) mass is 421 g/mol. The maximum Gasteiger partial charge on any atom is 0.258 e. The molecule has 0 spiro atoms. The fourth-order valence-corrected chi connectivity index (χ4v) is 3.08. The Bertz CT molecular complexity index is 964. The van der Waals surface area contributed by atoms with Gasteiger partial charge in [-0.25, -0.2) is 4.39 Å². The first-order chi connectivity index (χ1) is 13.6. The van der Waals surface area contributed by atoms with E-state index in [0.717, 1.165) is 11.1 Å². The van der Waals surface area contributed by atoms with E-state index in [-0.39, 0.29) is 23.7 Å². The standard InChI is InChI=1S/C21H26FN2O4S/c1-14-10-15(6-9-19(14)24-29(26)27-5)12-23-20(25)13-28-16-7-8-17(18(22)11-16)21(2,3)4/h6-11H,12-13H2,1-5H3,(H,23,25)/q-1. The molecule has 0 bridgehead atoms. The number of hydrogen-bond acceptors (Lipinski definition) is 6. The molecule has 0 aliphatic carbocycles. The third-order valence-electron chi connectivity index (χ3n) is 4.18. The van der Waals surface area contributed by atoms with Gasteiger partial charge in [-0.05, 0) is 41.2 Å². The summed E-state index contributed by atoms with van der Waals surface area (Å²) in [4.78, 5) is 12.0. The number of halogens is 1. The highest BCUT2D eigenvalue weighted by atomic mass is 32.2. The number of rotatable bonds is 7. The van der Waals surface area contributed by atoms with Gasteiger partial charge in [-0.15, -0.1) is 0 Å². The zero-order chi connectivity index (χ0) is 21.6. The molecule has 0 saturated carbocycles. The number of carbonyl (C=O) groups excluding carboxylic acids is 1. The molecule has 0 saturated heterocycles. The van der Waals surface area contributed by atoms with Crippen molar-refractivity contribution in [3.63, 3.8) is 0 Å². The lowest BCUT2D eigenvalue weighted by molar-refractivity contribution is -0.123. The summed E-state index contributed by atoms with van der Waals surface area (Å²) in [7, 11) is -0.410. The normalized spacial score (nSPS) is 12.6. The van der Waals surface area contributed by atoms with Crippen LogP contribution in [0.2, 0.25) is 0 Å². The summed E-state index contributed by atoms with van der Waals surface area (Å²) in [5, 5.41) is 2.75. The highest BCUT2D eigenvalue weighted by Crippen LogP contribution is 2.27. The lowest BCUT2D eigenvalue weighted by atomic mass is 9.87. The van der Waals surface area contributed by atoms with Crippen LogP contribution in [-0.2, 0) is 36.0 Å². The van der Waals surface area contributed by atoms with Crippen molar-refractivity contribution < 1.29 is 22.3 Å². The van der Waals surface area contributed by atoms with Gasteiger partial charge in [0.25, 0.3) is 5.91 Å². The summed E-state index contributed by atoms with van der Waals surface area (Å²) in [5.74, 6) is -0.374. The first kappa shape index (κ1) is 22.8. The summed E-state index contributed by atoms with van der Waals surface area (Å²) in [6.45, 7) is 7.70. The van der Waals surface area contributed by atoms with Crippen molar-refractivity contribution in [3.05, 3.63) is 58.9 Å². The fourth-order valence-electron chi connectivity index (χ4n) is 2.64. The van der Waals surface area contributed by atoms with E-state index in [9.17, 15) is 13.4 Å². The van der Waals surface area contributed by atoms with Crippen LogP contribution >= 0.6 is 0 Å². The van der Waals surface area contributed by atoms with Gasteiger partial charge in [-0.2, -0.15) is 0 Å². The minimum Gasteiger partial charge on any atom is -0.484 e. The van der Waals surface area contributed by atoms with Gasteiger partial charge in [0.1, 0.15) is 11.6 Å². The van der Waals surface area contributed by atoms with E-state index in [1.807, 2.05) is 33.8 Å². The Morgan fingerprint density at radius 2 is 1.93 bits per heavy atom. The van der Waals surface area contributed by atoms with Gasteiger partial charge in [0, 0.05) is 25.4 Å². The van der Waals surface area contributed by atoms with Crippen LogP contribution in [0, 0.1) is 12.7 Å². The van der Waals surface area contributed by atoms with E-state index >= 15 is 0 Å². The summed E-state index contributed by atoms with van der Waals surface area (Å²) in [5.41, 5.74) is 2.52. The second kappa shape index (κ2) is 9.84. The molecule has 1 N–H and O–H groups in total. The van der Waals surface area contributed by atoms with Gasteiger partial charge in [-0.3, -0.25) is 4.79 Å². The van der Waals surface area contributed by atoms with Crippen LogP contribution in [-0.4, -0.2) is 19.6 Å². The SMILES string of the molecule is CO[S-](=O)=Nc1ccc(CNC(=O)COc2ccc(C(C)(C)C)c(F)c2)cc1C. The van der Waals surface area contributed by atoms with Crippen molar-refractivity contribution in [2.24, 2.45) is 4.36 Å². The van der Waals surface area contributed by atoms with Gasteiger partial charge in [-0.1, -0.05) is 49.8 Å². The third kappa shape index (κ3) is 6.83. The van der Waals surface area contributed by atoms with Crippen LogP contribution in [0.15, 0.2) is 40.8 Å². The maximum atomic E-state index is 14.2. The van der Waals surface area contributed by atoms with E-state index in [1.165, 1.54) is 13.2 Å². The Hall–Kier alpha value is -2.45. The van der Waals surface area contributed by atoms with Crippen molar-refractivity contribution >= 4 is 22.5 Å². The van der Waals surface area contributed by atoms with Crippen LogP contribution < -0.4 is 10.1 Å². The van der Waals surface area contributed by atoms with Gasteiger partial charge in [0.15, 0.2) is 6.61 Å². The molecule has 0 aliphatic rings. The smallest absolute Gasteiger partial charge is 0.258 e. The molecule has 0 unspecified atom stereocenters. The molecule has 0 radical (unpaired) electrons. The molecular formula is C21H26FN2O4S-. The molecule has 0 aromatic heterocycles. The fraction of sp³-hybridized carbons (Fsp3) is 0.381. The highest BCUT2D eigenvalue weighted by molar-refractivity contribution is 7.69. The van der Waals surface area contributed by atoms with Crippen molar-refractivity contribution in [2.75, 3.05) is 13.7 Å². The molecule has 158 valence electrons. The number of aryl methyl sites for hydroxylation is 1. The molecule has 0 atom stereocenters. The third-order valence-corrected chi connectivity index (χ3v) is 4.82. The van der Waals surface area contributed by atoms with Crippen LogP contribution in [0.4, 0.5) is 10.1 Å². The zero-order valence-corrected chi connectivity index (χ0v) is 18.1. The maximum absolute atomic E-state index is 14.2. The summed E-state index contributed by atoms with van der Waals surface area (Å²) in [6.07, 6.45) is 0. The summed E-state index contributed by atoms with van der Waals surface area (Å²) < 4.78 is 39.5. The van der Waals surface area contributed by atoms with E-state index in [0.29, 0.717) is 23.5 Å². The molecule has 2 aromatic carbocycles. The second-order valence-corrected chi connectivity index (χ2v) is 8.50. The minimum absolute atomic E-state index is 0.215. The van der Waals surface area contributed by atoms with Crippen LogP contribution in [0.1, 0.15) is 37.5 Å². The second-order valence-electron chi connectivity index (χ2n) is 7.55. The number of carbonyl (C=O) groups is 1. The number of nitrogens with zero attached hydrogens (tertiary/aromatic N) is 1. The summed E-state index contributed by atoms with van der Waals surface area (Å²) in [6, 6.07) is 9.96. The number of amides is 1. The van der Waals surface area contributed by atoms with Crippen molar-refractivity contribution in [1.29, 1.82) is 0 Å². The largest absolute Gasteiger partial charge is 0.484 e. The molecule has 6 nitrogen and oxygen atoms in total. The van der Waals surface area contributed by atoms with E-state index in [2.05, 4.69) is 13.9 Å². The lowest BCUT2D eigenvalue weighted by Crippen LogP contribution is -2.28. The van der Waals surface area contributed by atoms with Gasteiger partial charge in [0.05, 0.1) is 0 Å². The average Bonchev–Trinajstić information content (AvgIpc) is 2.65. The van der Waals surface area contributed by atoms with Crippen molar-refractivity contribution in [3.8, 4) is 5.75 Å². The topological polar surface area (TPSA) is 77.0 Å². The number of nitrogens with one attached hydrogen (secondary N) is 1. The number of hydrogen-bond donors (Lipinski definition) is 1. The Morgan fingerprint density at radius 3 is 2.52 bits per heavy atom. The quantitative estimate of drug-likeness (QED) is 0.670. The van der Waals surface area contributed by atoms with Crippen molar-refractivity contribution in [1.82, 2.24) is 5.32 Å². The predicted molar refractivity (Wildman–Crippen MR) is 111 cm³/mol. The van der Waals surface area contributed by atoms with E-state index in [4.69, 9.17) is 4.74 Å². The zero-order valence-electron chi connectivity index (χ0n) is 17.2. The molecule has 0 fully saturated rings. The first-order valence-corrected chi connectivity index (χ1v) is 10.1. The van der Waals surface area contributed by atoms with E-state index < -0.39 is 10.9 Å². The van der Waals surface area contributed by atoms with Crippen LogP contribution in [0.3, 0.4) is 0 Å². The van der Waals surface area contributed by atoms with Gasteiger partial charge in [0.2, 0.25) is 0 Å². The Labute approximate surface area is 172 Å². The lowest BCUT2D eigenvalue weighted by Gasteiger charge is -2.20. The molecular weight excluding hydrogens is 395 g/mol. The molecule has 2 rings (SSSR count). The number of ether oxygens (including phenoxy) is 1. The number of benzene rings is 2. The Morgan fingerprint density at radius 1 is 1.21 bits per heavy atom. The van der Waals surface area contributed by atoms with Gasteiger partial charge < -0.3 is 22.8 Å². The van der Waals surface area contributed by atoms with Gasteiger partial charge >= 0.3 is 0 Å². The molecule has 29 heavy (non-hydrogen) atoms. The summed E-state index contributed by atoms with van der Waals surface area (Å²) >= 11 is 0. The molecule has 1 amide bonds. The minimum atomic E-state index is -1.72. The first-order valence-electron chi connectivity index (χ1n) is 9.07. The van der Waals surface area contributed by atoms with Crippen LogP contribution in [0.5, 0.6) is 5.75 Å². The Balaban J connectivity index is 1.90. The molecule has 0 aliphatic heterocycles. The van der Waals surface area contributed by atoms with Crippen molar-refractivity contribution in [2.45, 2.75) is 39.7 Å². The highest BCUT2D eigenvalue weighted by Gasteiger charge is 2.18. The predicted octanol–water partition coefficient (Wildman–Crippen LogP) is 4.47.